The van der Waals surface area contributed by atoms with Gasteiger partial charge in [0.15, 0.2) is 11.5 Å². The number of fused-ring (bicyclic) bond motifs is 1. The van der Waals surface area contributed by atoms with E-state index in [1.54, 1.807) is 6.07 Å². The molecule has 0 radical (unpaired) electrons. The highest BCUT2D eigenvalue weighted by Crippen LogP contribution is 2.40. The van der Waals surface area contributed by atoms with Gasteiger partial charge in [-0.3, -0.25) is 9.69 Å². The van der Waals surface area contributed by atoms with Gasteiger partial charge in [0.2, 0.25) is 11.9 Å². The van der Waals surface area contributed by atoms with Gasteiger partial charge < -0.3 is 21.3 Å². The Morgan fingerprint density at radius 3 is 2.64 bits per heavy atom. The molecular formula is C21H24N4O3. The lowest BCUT2D eigenvalue weighted by molar-refractivity contribution is -0.117. The van der Waals surface area contributed by atoms with E-state index in [9.17, 15) is 15.0 Å². The highest BCUT2D eigenvalue weighted by Gasteiger charge is 2.34. The molecule has 5 N–H and O–H groups in total. The number of guanidine groups is 1. The van der Waals surface area contributed by atoms with Gasteiger partial charge in [-0.2, -0.15) is 0 Å². The third-order valence-corrected chi connectivity index (χ3v) is 5.47. The fraction of sp³-hybridized carbons (Fsp3) is 0.333. The van der Waals surface area contributed by atoms with Crippen LogP contribution in [0.3, 0.4) is 0 Å². The number of nitrogens with zero attached hydrogens (tertiary/aromatic N) is 2. The highest BCUT2D eigenvalue weighted by atomic mass is 16.3. The smallest absolute Gasteiger partial charge is 0.238 e. The maximum Gasteiger partial charge on any atom is 0.238 e. The first kappa shape index (κ1) is 18.3. The van der Waals surface area contributed by atoms with E-state index in [-0.39, 0.29) is 35.8 Å². The van der Waals surface area contributed by atoms with Crippen molar-refractivity contribution < 1.29 is 15.0 Å². The van der Waals surface area contributed by atoms with Crippen LogP contribution in [-0.4, -0.2) is 35.2 Å². The second-order valence-electron chi connectivity index (χ2n) is 7.31. The van der Waals surface area contributed by atoms with Gasteiger partial charge in [-0.15, -0.1) is 0 Å². The first-order valence-corrected chi connectivity index (χ1v) is 9.51. The summed E-state index contributed by atoms with van der Waals surface area (Å²) < 4.78 is 0. The number of rotatable bonds is 3. The molecule has 0 saturated carbocycles. The van der Waals surface area contributed by atoms with E-state index in [4.69, 9.17) is 10.7 Å². The molecule has 1 saturated heterocycles. The second-order valence-corrected chi connectivity index (χ2v) is 7.31. The van der Waals surface area contributed by atoms with Crippen molar-refractivity contribution in [1.82, 2.24) is 5.32 Å². The van der Waals surface area contributed by atoms with Crippen LogP contribution >= 0.6 is 0 Å². The zero-order chi connectivity index (χ0) is 19.7. The molecule has 2 aromatic carbocycles. The average Bonchev–Trinajstić information content (AvgIpc) is 2.70. The van der Waals surface area contributed by atoms with Crippen LogP contribution in [0.5, 0.6) is 11.5 Å². The Morgan fingerprint density at radius 2 is 1.89 bits per heavy atom. The summed E-state index contributed by atoms with van der Waals surface area (Å²) in [6.07, 6.45) is 2.09. The van der Waals surface area contributed by atoms with Crippen LogP contribution in [0.25, 0.3) is 0 Å². The molecule has 2 aliphatic rings. The summed E-state index contributed by atoms with van der Waals surface area (Å²) in [6, 6.07) is 12.1. The zero-order valence-corrected chi connectivity index (χ0v) is 15.5. The van der Waals surface area contributed by atoms with Crippen molar-refractivity contribution in [3.63, 3.8) is 0 Å². The summed E-state index contributed by atoms with van der Waals surface area (Å²) in [5, 5.41) is 22.5. The van der Waals surface area contributed by atoms with Crippen molar-refractivity contribution >= 4 is 17.6 Å². The van der Waals surface area contributed by atoms with E-state index in [1.165, 1.54) is 17.0 Å². The Morgan fingerprint density at radius 1 is 1.14 bits per heavy atom. The summed E-state index contributed by atoms with van der Waals surface area (Å²) in [7, 11) is 0. The molecule has 1 amide bonds. The largest absolute Gasteiger partial charge is 0.504 e. The minimum Gasteiger partial charge on any atom is -0.504 e. The number of carbonyl (C=O) groups is 1. The minimum atomic E-state index is -0.253. The van der Waals surface area contributed by atoms with Gasteiger partial charge >= 0.3 is 0 Å². The quantitative estimate of drug-likeness (QED) is 0.609. The van der Waals surface area contributed by atoms with E-state index in [1.807, 2.05) is 24.3 Å². The molecule has 0 bridgehead atoms. The first-order chi connectivity index (χ1) is 13.5. The number of hydrogen-bond acceptors (Lipinski definition) is 6. The molecule has 2 heterocycles. The number of aliphatic imine (C=N–C) groups is 1. The van der Waals surface area contributed by atoms with Crippen molar-refractivity contribution in [2.45, 2.75) is 25.3 Å². The Hall–Kier alpha value is -3.06. The summed E-state index contributed by atoms with van der Waals surface area (Å²) in [5.74, 6) is -0.104. The van der Waals surface area contributed by atoms with Crippen molar-refractivity contribution in [2.75, 3.05) is 18.0 Å². The second kappa shape index (κ2) is 7.52. The molecule has 7 nitrogen and oxygen atoms in total. The third-order valence-electron chi connectivity index (χ3n) is 5.47. The maximum absolute atomic E-state index is 13.0. The highest BCUT2D eigenvalue weighted by molar-refractivity contribution is 6.17. The van der Waals surface area contributed by atoms with Crippen molar-refractivity contribution in [3.8, 4) is 11.5 Å². The van der Waals surface area contributed by atoms with Gasteiger partial charge in [-0.25, -0.2) is 4.99 Å². The topological polar surface area (TPSA) is 111 Å². The summed E-state index contributed by atoms with van der Waals surface area (Å²) in [6.45, 7) is 1.93. The molecule has 2 aromatic rings. The lowest BCUT2D eigenvalue weighted by Crippen LogP contribution is -2.46. The van der Waals surface area contributed by atoms with Crippen molar-refractivity contribution in [3.05, 3.63) is 53.6 Å². The Balaban J connectivity index is 1.64. The number of benzene rings is 2. The van der Waals surface area contributed by atoms with E-state index in [2.05, 4.69) is 5.32 Å². The number of carbonyl (C=O) groups excluding carboxylic acids is 1. The van der Waals surface area contributed by atoms with Gasteiger partial charge in [0.25, 0.3) is 0 Å². The van der Waals surface area contributed by atoms with Gasteiger partial charge in [0, 0.05) is 5.56 Å². The monoisotopic (exact) mass is 380 g/mol. The molecule has 1 unspecified atom stereocenters. The lowest BCUT2D eigenvalue weighted by atomic mass is 9.84. The summed E-state index contributed by atoms with van der Waals surface area (Å²) >= 11 is 0. The van der Waals surface area contributed by atoms with E-state index in [0.717, 1.165) is 37.2 Å². The molecule has 2 aliphatic heterocycles. The summed E-state index contributed by atoms with van der Waals surface area (Å²) in [5.41, 5.74) is 8.63. The van der Waals surface area contributed by atoms with Crippen LogP contribution in [0.15, 0.2) is 47.5 Å². The van der Waals surface area contributed by atoms with Gasteiger partial charge in [0.05, 0.1) is 18.2 Å². The van der Waals surface area contributed by atoms with Crippen LogP contribution < -0.4 is 16.0 Å². The number of phenolic OH excluding ortho intramolecular Hbond substituents is 2. The molecule has 7 heteroatoms. The van der Waals surface area contributed by atoms with Crippen LogP contribution in [-0.2, 0) is 11.2 Å². The van der Waals surface area contributed by atoms with Crippen LogP contribution in [0.4, 0.5) is 5.69 Å². The number of para-hydroxylation sites is 1. The van der Waals surface area contributed by atoms with Crippen molar-refractivity contribution in [1.29, 1.82) is 0 Å². The fourth-order valence-corrected chi connectivity index (χ4v) is 4.05. The molecule has 0 spiro atoms. The Bertz CT molecular complexity index is 922. The Kier molecular flexibility index (Phi) is 4.92. The minimum absolute atomic E-state index is 0.0381. The lowest BCUT2D eigenvalue weighted by Gasteiger charge is -2.36. The molecule has 28 heavy (non-hydrogen) atoms. The Labute approximate surface area is 163 Å². The number of nitrogens with two attached hydrogens (primary N) is 1. The van der Waals surface area contributed by atoms with Gasteiger partial charge in [-0.1, -0.05) is 24.3 Å². The van der Waals surface area contributed by atoms with E-state index in [0.29, 0.717) is 11.5 Å². The zero-order valence-electron chi connectivity index (χ0n) is 15.5. The van der Waals surface area contributed by atoms with Crippen molar-refractivity contribution in [2.24, 2.45) is 16.6 Å². The maximum atomic E-state index is 13.0. The first-order valence-electron chi connectivity index (χ1n) is 9.51. The molecule has 146 valence electrons. The number of piperidine rings is 1. The number of anilines is 1. The molecule has 0 aliphatic carbocycles. The molecule has 0 aromatic heterocycles. The number of nitrogens with one attached hydrogen (secondary N) is 1. The van der Waals surface area contributed by atoms with Gasteiger partial charge in [0.1, 0.15) is 0 Å². The SMILES string of the molecule is NC1=NC(C2CCNCC2)c2ccccc2N1C(=O)Cc1ccc(O)c(O)c1. The molecule has 1 fully saturated rings. The molecular weight excluding hydrogens is 356 g/mol. The normalized spacial score (nSPS) is 19.8. The number of phenols is 2. The predicted octanol–water partition coefficient (Wildman–Crippen LogP) is 2.04. The standard InChI is InChI=1S/C21H24N4O3/c22-21-24-20(14-7-9-23-10-8-14)15-3-1-2-4-16(15)25(21)19(28)12-13-5-6-17(26)18(27)11-13/h1-6,11,14,20,23,26-27H,7-10,12H2,(H2,22,24). The number of aromatic hydroxyl groups is 2. The van der Waals surface area contributed by atoms with Gasteiger partial charge in [-0.05, 0) is 55.6 Å². The average molecular weight is 380 g/mol. The number of hydrogen-bond donors (Lipinski definition) is 4. The van der Waals surface area contributed by atoms with E-state index >= 15 is 0 Å². The third kappa shape index (κ3) is 3.41. The fourth-order valence-electron chi connectivity index (χ4n) is 4.05. The number of amides is 1. The van der Waals surface area contributed by atoms with E-state index < -0.39 is 0 Å². The predicted molar refractivity (Wildman–Crippen MR) is 107 cm³/mol. The van der Waals surface area contributed by atoms with Crippen LogP contribution in [0.2, 0.25) is 0 Å². The summed E-state index contributed by atoms with van der Waals surface area (Å²) in [4.78, 5) is 19.2. The van der Waals surface area contributed by atoms with Crippen LogP contribution in [0, 0.1) is 5.92 Å². The van der Waals surface area contributed by atoms with Crippen LogP contribution in [0.1, 0.15) is 30.0 Å². The molecule has 4 rings (SSSR count). The molecule has 1 atom stereocenters.